The molecule has 0 radical (unpaired) electrons. The topological polar surface area (TPSA) is 0 Å². The van der Waals surface area contributed by atoms with Crippen LogP contribution in [0.5, 0.6) is 0 Å². The molecule has 0 spiro atoms. The van der Waals surface area contributed by atoms with Gasteiger partial charge in [-0.15, -0.1) is 0 Å². The molecular weight excluding hydrogens is 295 g/mol. The van der Waals surface area contributed by atoms with Gasteiger partial charge in [0.05, 0.1) is 0 Å². The summed E-state index contributed by atoms with van der Waals surface area (Å²) < 4.78 is 0. The van der Waals surface area contributed by atoms with Gasteiger partial charge in [-0.25, -0.2) is 0 Å². The molecule has 120 valence electrons. The lowest BCUT2D eigenvalue weighted by Crippen LogP contribution is -2.38. The molecule has 0 saturated heterocycles. The summed E-state index contributed by atoms with van der Waals surface area (Å²) >= 11 is 0. The maximum Gasteiger partial charge on any atom is -0.00668 e. The highest BCUT2D eigenvalue weighted by Crippen LogP contribution is 2.72. The van der Waals surface area contributed by atoms with Gasteiger partial charge in [-0.2, -0.15) is 0 Å². The molecule has 0 nitrogen and oxygen atoms in total. The molecule has 0 unspecified atom stereocenters. The van der Waals surface area contributed by atoms with Crippen LogP contribution in [-0.4, -0.2) is 5.66 Å². The van der Waals surface area contributed by atoms with E-state index in [9.17, 15) is 0 Å². The van der Waals surface area contributed by atoms with Gasteiger partial charge < -0.3 is 0 Å². The average Bonchev–Trinajstić information content (AvgIpc) is 2.91. The van der Waals surface area contributed by atoms with Crippen molar-refractivity contribution in [3.63, 3.8) is 0 Å². The lowest BCUT2D eigenvalue weighted by Gasteiger charge is -2.43. The van der Waals surface area contributed by atoms with E-state index in [0.29, 0.717) is 10.8 Å². The van der Waals surface area contributed by atoms with E-state index >= 15 is 0 Å². The predicted octanol–water partition coefficient (Wildman–Crippen LogP) is 5.33. The molecule has 0 N–H and O–H groups in total. The predicted molar refractivity (Wildman–Crippen MR) is 102 cm³/mol. The highest BCUT2D eigenvalue weighted by Gasteiger charge is 2.62. The molecule has 4 rings (SSSR count). The summed E-state index contributed by atoms with van der Waals surface area (Å²) in [5.41, 5.74) is 1.78. The van der Waals surface area contributed by atoms with Crippen molar-refractivity contribution in [1.29, 1.82) is 0 Å². The molecule has 3 atom stereocenters. The fourth-order valence-electron chi connectivity index (χ4n) is 5.24. The maximum absolute atomic E-state index is 2.59. The Kier molecular flexibility index (Phi) is 3.65. The number of benzene rings is 2. The quantitative estimate of drug-likeness (QED) is 0.670. The van der Waals surface area contributed by atoms with E-state index in [-0.39, 0.29) is 7.92 Å². The van der Waals surface area contributed by atoms with Crippen LogP contribution in [0.15, 0.2) is 60.7 Å². The minimum Gasteiger partial charge on any atom is -0.0622 e. The molecule has 0 aliphatic heterocycles. The van der Waals surface area contributed by atoms with Gasteiger partial charge >= 0.3 is 0 Å². The second-order valence-electron chi connectivity index (χ2n) is 8.17. The van der Waals surface area contributed by atoms with Crippen LogP contribution in [0.3, 0.4) is 0 Å². The van der Waals surface area contributed by atoms with E-state index < -0.39 is 0 Å². The van der Waals surface area contributed by atoms with Crippen LogP contribution in [0.25, 0.3) is 0 Å². The summed E-state index contributed by atoms with van der Waals surface area (Å²) in [4.78, 5) is 0. The monoisotopic (exact) mass is 322 g/mol. The Labute approximate surface area is 142 Å². The summed E-state index contributed by atoms with van der Waals surface area (Å²) in [5.74, 6) is 0.912. The van der Waals surface area contributed by atoms with Crippen LogP contribution in [0.1, 0.15) is 40.0 Å². The number of hydrogen-bond acceptors (Lipinski definition) is 0. The van der Waals surface area contributed by atoms with Gasteiger partial charge in [0.1, 0.15) is 0 Å². The third-order valence-corrected chi connectivity index (χ3v) is 10.2. The summed E-state index contributed by atoms with van der Waals surface area (Å²) in [7, 11) is -0.274. The van der Waals surface area contributed by atoms with Crippen molar-refractivity contribution in [2.45, 2.75) is 45.7 Å². The molecule has 2 aliphatic carbocycles. The van der Waals surface area contributed by atoms with Gasteiger partial charge in [0, 0.05) is 0 Å². The molecule has 2 aromatic rings. The summed E-state index contributed by atoms with van der Waals surface area (Å²) in [6.07, 6.45) is 4.26. The van der Waals surface area contributed by atoms with Crippen molar-refractivity contribution >= 4 is 18.5 Å². The third-order valence-electron chi connectivity index (χ3n) is 7.13. The first kappa shape index (κ1) is 15.4. The summed E-state index contributed by atoms with van der Waals surface area (Å²) in [6, 6.07) is 22.6. The first-order valence-electron chi connectivity index (χ1n) is 8.93. The van der Waals surface area contributed by atoms with Crippen molar-refractivity contribution < 1.29 is 0 Å². The van der Waals surface area contributed by atoms with Crippen molar-refractivity contribution in [1.82, 2.24) is 0 Å². The Morgan fingerprint density at radius 2 is 1.35 bits per heavy atom. The van der Waals surface area contributed by atoms with Gasteiger partial charge in [0.15, 0.2) is 0 Å². The molecule has 0 aromatic heterocycles. The number of rotatable bonds is 3. The third kappa shape index (κ3) is 2.22. The molecule has 2 fully saturated rings. The van der Waals surface area contributed by atoms with Crippen LogP contribution in [0.4, 0.5) is 0 Å². The molecule has 2 aliphatic rings. The van der Waals surface area contributed by atoms with Crippen molar-refractivity contribution in [3.05, 3.63) is 60.7 Å². The zero-order valence-electron chi connectivity index (χ0n) is 14.5. The van der Waals surface area contributed by atoms with Crippen molar-refractivity contribution in [2.75, 3.05) is 0 Å². The fourth-order valence-corrected chi connectivity index (χ4v) is 8.74. The Balaban J connectivity index is 1.82. The lowest BCUT2D eigenvalue weighted by molar-refractivity contribution is 0.155. The van der Waals surface area contributed by atoms with Gasteiger partial charge in [-0.05, 0) is 60.2 Å². The van der Waals surface area contributed by atoms with Crippen LogP contribution >= 0.6 is 7.92 Å². The van der Waals surface area contributed by atoms with E-state index in [4.69, 9.17) is 0 Å². The highest BCUT2D eigenvalue weighted by molar-refractivity contribution is 7.73. The van der Waals surface area contributed by atoms with Crippen LogP contribution in [0, 0.1) is 16.7 Å². The Bertz CT molecular complexity index is 636. The zero-order valence-corrected chi connectivity index (χ0v) is 15.4. The molecule has 2 bridgehead atoms. The molecule has 2 saturated carbocycles. The average molecular weight is 322 g/mol. The van der Waals surface area contributed by atoms with Gasteiger partial charge in [-0.3, -0.25) is 0 Å². The lowest BCUT2D eigenvalue weighted by atomic mass is 9.71. The van der Waals surface area contributed by atoms with E-state index in [0.717, 1.165) is 11.6 Å². The smallest absolute Gasteiger partial charge is 0.00668 e. The Morgan fingerprint density at radius 1 is 0.826 bits per heavy atom. The summed E-state index contributed by atoms with van der Waals surface area (Å²) in [6.45, 7) is 7.66. The van der Waals surface area contributed by atoms with E-state index in [1.165, 1.54) is 19.3 Å². The molecular formula is C22H27P. The fraction of sp³-hybridized carbons (Fsp3) is 0.455. The Hall–Kier alpha value is -1.13. The van der Waals surface area contributed by atoms with E-state index in [2.05, 4.69) is 81.4 Å². The Morgan fingerprint density at radius 3 is 1.74 bits per heavy atom. The van der Waals surface area contributed by atoms with Crippen LogP contribution in [-0.2, 0) is 0 Å². The maximum atomic E-state index is 2.59. The largest absolute Gasteiger partial charge is 0.0622 e. The molecule has 1 heteroatoms. The normalized spacial score (nSPS) is 31.7. The zero-order chi connectivity index (χ0) is 16.1. The molecule has 2 aromatic carbocycles. The number of hydrogen-bond donors (Lipinski definition) is 0. The minimum absolute atomic E-state index is 0.274. The van der Waals surface area contributed by atoms with Crippen molar-refractivity contribution in [3.8, 4) is 0 Å². The number of fused-ring (bicyclic) bond motifs is 2. The minimum atomic E-state index is -0.274. The van der Waals surface area contributed by atoms with Gasteiger partial charge in [-0.1, -0.05) is 81.4 Å². The van der Waals surface area contributed by atoms with Crippen LogP contribution in [0.2, 0.25) is 0 Å². The molecule has 23 heavy (non-hydrogen) atoms. The van der Waals surface area contributed by atoms with Crippen LogP contribution < -0.4 is 10.6 Å². The second kappa shape index (κ2) is 5.45. The van der Waals surface area contributed by atoms with E-state index in [1.807, 2.05) is 0 Å². The standard InChI is InChI=1S/C22H27P/c1-21(2)17-14-15-22(21,3)20(16-17)23(18-10-6-4-7-11-18)19-12-8-5-9-13-19/h4-13,17,20H,14-16H2,1-3H3/t17-,20+,22+/m0/s1. The SMILES string of the molecule is CC1(C)[C@H]2CC[C@]1(C)[C@H](P(c1ccccc1)c1ccccc1)C2. The first-order valence-corrected chi connectivity index (χ1v) is 10.3. The van der Waals surface area contributed by atoms with Gasteiger partial charge in [0.25, 0.3) is 0 Å². The van der Waals surface area contributed by atoms with E-state index in [1.54, 1.807) is 10.6 Å². The first-order chi connectivity index (χ1) is 11.0. The van der Waals surface area contributed by atoms with Gasteiger partial charge in [0.2, 0.25) is 0 Å². The second-order valence-corrected chi connectivity index (χ2v) is 10.6. The molecule has 0 amide bonds. The van der Waals surface area contributed by atoms with Crippen molar-refractivity contribution in [2.24, 2.45) is 16.7 Å². The summed E-state index contributed by atoms with van der Waals surface area (Å²) in [5, 5.41) is 3.12. The highest BCUT2D eigenvalue weighted by atomic mass is 31.1. The molecule has 0 heterocycles.